The Kier molecular flexibility index (Phi) is 3.38. The van der Waals surface area contributed by atoms with Gasteiger partial charge in [-0.3, -0.25) is 14.5 Å². The Hall–Kier alpha value is -1.80. The summed E-state index contributed by atoms with van der Waals surface area (Å²) in [6.07, 6.45) is -0.213. The molecule has 2 rings (SSSR count). The van der Waals surface area contributed by atoms with Gasteiger partial charge in [0.2, 0.25) is 21.8 Å². The molecule has 1 atom stereocenters. The molecule has 1 aromatic rings. The van der Waals surface area contributed by atoms with Crippen LogP contribution in [0.2, 0.25) is 0 Å². The Morgan fingerprint density at radius 1 is 1.26 bits per heavy atom. The lowest BCUT2D eigenvalue weighted by Crippen LogP contribution is -2.40. The smallest absolute Gasteiger partial charge is 0.247 e. The van der Waals surface area contributed by atoms with E-state index in [0.29, 0.717) is 0 Å². The zero-order valence-electron chi connectivity index (χ0n) is 9.96. The molecule has 0 radical (unpaired) electrons. The first-order valence-corrected chi connectivity index (χ1v) is 6.88. The Labute approximate surface area is 109 Å². The van der Waals surface area contributed by atoms with Crippen molar-refractivity contribution in [3.63, 3.8) is 0 Å². The van der Waals surface area contributed by atoms with E-state index in [1.165, 1.54) is 7.05 Å². The third-order valence-corrected chi connectivity index (χ3v) is 4.29. The van der Waals surface area contributed by atoms with Crippen LogP contribution in [0, 0.1) is 5.82 Å². The Balaban J connectivity index is 2.21. The molecule has 1 aromatic carbocycles. The summed E-state index contributed by atoms with van der Waals surface area (Å²) in [6, 6.07) is 3.07. The van der Waals surface area contributed by atoms with Crippen molar-refractivity contribution in [2.75, 3.05) is 7.05 Å². The number of carbonyl (C=O) groups is 2. The predicted octanol–water partition coefficient (Wildman–Crippen LogP) is -0.139. The first-order chi connectivity index (χ1) is 8.81. The minimum absolute atomic E-state index is 0.163. The van der Waals surface area contributed by atoms with Crippen molar-refractivity contribution in [1.82, 2.24) is 9.62 Å². The molecule has 0 spiro atoms. The largest absolute Gasteiger partial charge is 0.284 e. The van der Waals surface area contributed by atoms with Crippen molar-refractivity contribution < 1.29 is 22.4 Å². The molecule has 1 aliphatic rings. The number of hydrogen-bond acceptors (Lipinski definition) is 4. The van der Waals surface area contributed by atoms with E-state index in [1.54, 1.807) is 0 Å². The van der Waals surface area contributed by atoms with Gasteiger partial charge in [-0.2, -0.15) is 4.72 Å². The van der Waals surface area contributed by atoms with E-state index in [-0.39, 0.29) is 11.3 Å². The van der Waals surface area contributed by atoms with Gasteiger partial charge < -0.3 is 0 Å². The van der Waals surface area contributed by atoms with Gasteiger partial charge in [-0.25, -0.2) is 12.8 Å². The van der Waals surface area contributed by atoms with E-state index in [1.807, 2.05) is 0 Å². The number of amides is 2. The summed E-state index contributed by atoms with van der Waals surface area (Å²) in [5, 5.41) is 0. The van der Waals surface area contributed by atoms with Gasteiger partial charge in [0.1, 0.15) is 11.9 Å². The monoisotopic (exact) mass is 286 g/mol. The van der Waals surface area contributed by atoms with Crippen molar-refractivity contribution in [3.05, 3.63) is 30.1 Å². The average molecular weight is 286 g/mol. The van der Waals surface area contributed by atoms with Crippen LogP contribution in [-0.4, -0.2) is 38.2 Å². The van der Waals surface area contributed by atoms with Crippen LogP contribution in [0.1, 0.15) is 6.42 Å². The molecule has 0 aliphatic carbocycles. The molecule has 1 heterocycles. The molecule has 1 unspecified atom stereocenters. The minimum atomic E-state index is -3.96. The van der Waals surface area contributed by atoms with Gasteiger partial charge in [0, 0.05) is 7.05 Å². The summed E-state index contributed by atoms with van der Waals surface area (Å²) < 4.78 is 38.7. The van der Waals surface area contributed by atoms with Crippen molar-refractivity contribution in [1.29, 1.82) is 0 Å². The third-order valence-electron chi connectivity index (χ3n) is 2.80. The van der Waals surface area contributed by atoms with E-state index in [9.17, 15) is 22.4 Å². The number of imide groups is 1. The number of likely N-dealkylation sites (N-methyl/N-ethyl adjacent to an activating group) is 1. The molecule has 1 aliphatic heterocycles. The molecule has 8 heteroatoms. The van der Waals surface area contributed by atoms with Crippen LogP contribution < -0.4 is 4.72 Å². The van der Waals surface area contributed by atoms with Crippen molar-refractivity contribution >= 4 is 21.8 Å². The quantitative estimate of drug-likeness (QED) is 0.784. The lowest BCUT2D eigenvalue weighted by Gasteiger charge is -2.11. The number of halogens is 1. The molecule has 1 fully saturated rings. The second-order valence-electron chi connectivity index (χ2n) is 4.12. The van der Waals surface area contributed by atoms with Gasteiger partial charge in [-0.15, -0.1) is 0 Å². The molecule has 19 heavy (non-hydrogen) atoms. The zero-order valence-corrected chi connectivity index (χ0v) is 10.8. The number of carbonyl (C=O) groups excluding carboxylic acids is 2. The van der Waals surface area contributed by atoms with Gasteiger partial charge in [0.25, 0.3) is 0 Å². The van der Waals surface area contributed by atoms with Gasteiger partial charge in [-0.1, -0.05) is 0 Å². The fourth-order valence-corrected chi connectivity index (χ4v) is 2.91. The highest BCUT2D eigenvalue weighted by molar-refractivity contribution is 7.89. The average Bonchev–Trinajstić information content (AvgIpc) is 2.57. The molecule has 6 nitrogen and oxygen atoms in total. The topological polar surface area (TPSA) is 83.6 Å². The maximum Gasteiger partial charge on any atom is 0.247 e. The summed E-state index contributed by atoms with van der Waals surface area (Å²) in [5.41, 5.74) is 0. The number of nitrogens with one attached hydrogen (secondary N) is 1. The number of rotatable bonds is 3. The zero-order chi connectivity index (χ0) is 14.2. The highest BCUT2D eigenvalue weighted by Gasteiger charge is 2.38. The van der Waals surface area contributed by atoms with E-state index in [2.05, 4.69) is 4.72 Å². The fourth-order valence-electron chi connectivity index (χ4n) is 1.72. The van der Waals surface area contributed by atoms with Crippen LogP contribution >= 0.6 is 0 Å². The van der Waals surface area contributed by atoms with E-state index in [0.717, 1.165) is 29.2 Å². The highest BCUT2D eigenvalue weighted by atomic mass is 32.2. The van der Waals surface area contributed by atoms with Crippen LogP contribution in [-0.2, 0) is 19.6 Å². The number of sulfonamides is 1. The Bertz CT molecular complexity index is 627. The number of benzene rings is 1. The second-order valence-corrected chi connectivity index (χ2v) is 5.84. The van der Waals surface area contributed by atoms with Crippen LogP contribution in [0.15, 0.2) is 29.2 Å². The molecule has 1 N–H and O–H groups in total. The molecule has 0 aromatic heterocycles. The van der Waals surface area contributed by atoms with Crippen LogP contribution in [0.3, 0.4) is 0 Å². The first-order valence-electron chi connectivity index (χ1n) is 5.39. The number of likely N-dealkylation sites (tertiary alicyclic amines) is 1. The molecule has 102 valence electrons. The molecular weight excluding hydrogens is 275 g/mol. The van der Waals surface area contributed by atoms with Crippen molar-refractivity contribution in [2.24, 2.45) is 0 Å². The molecule has 2 amide bonds. The van der Waals surface area contributed by atoms with Gasteiger partial charge in [0.05, 0.1) is 11.3 Å². The normalized spacial score (nSPS) is 20.1. The lowest BCUT2D eigenvalue weighted by molar-refractivity contribution is -0.137. The SMILES string of the molecule is CN1C(=O)CC(NS(=O)(=O)c2ccc(F)cc2)C1=O. The van der Waals surface area contributed by atoms with Crippen LogP contribution in [0.4, 0.5) is 4.39 Å². The standard InChI is InChI=1S/C11H11FN2O4S/c1-14-10(15)6-9(11(14)16)13-19(17,18)8-4-2-7(12)3-5-8/h2-5,9,13H,6H2,1H3. The fraction of sp³-hybridized carbons (Fsp3) is 0.273. The lowest BCUT2D eigenvalue weighted by atomic mass is 10.3. The first kappa shape index (κ1) is 13.6. The number of hydrogen-bond donors (Lipinski definition) is 1. The van der Waals surface area contributed by atoms with Crippen molar-refractivity contribution in [2.45, 2.75) is 17.4 Å². The third kappa shape index (κ3) is 2.64. The van der Waals surface area contributed by atoms with Crippen LogP contribution in [0.25, 0.3) is 0 Å². The summed E-state index contributed by atoms with van der Waals surface area (Å²) in [4.78, 5) is 23.6. The van der Waals surface area contributed by atoms with E-state index in [4.69, 9.17) is 0 Å². The number of nitrogens with zero attached hydrogens (tertiary/aromatic N) is 1. The maximum atomic E-state index is 12.7. The van der Waals surface area contributed by atoms with Crippen LogP contribution in [0.5, 0.6) is 0 Å². The van der Waals surface area contributed by atoms with Crippen molar-refractivity contribution in [3.8, 4) is 0 Å². The summed E-state index contributed by atoms with van der Waals surface area (Å²) in [5.74, 6) is -1.61. The summed E-state index contributed by atoms with van der Waals surface area (Å²) in [6.45, 7) is 0. The Morgan fingerprint density at radius 2 is 1.84 bits per heavy atom. The van der Waals surface area contributed by atoms with Gasteiger partial charge in [-0.05, 0) is 24.3 Å². The molecule has 0 saturated carbocycles. The van der Waals surface area contributed by atoms with E-state index >= 15 is 0 Å². The molecular formula is C11H11FN2O4S. The summed E-state index contributed by atoms with van der Waals surface area (Å²) in [7, 11) is -2.67. The minimum Gasteiger partial charge on any atom is -0.284 e. The molecule has 0 bridgehead atoms. The van der Waals surface area contributed by atoms with Gasteiger partial charge >= 0.3 is 0 Å². The van der Waals surface area contributed by atoms with E-state index < -0.39 is 33.7 Å². The maximum absolute atomic E-state index is 12.7. The van der Waals surface area contributed by atoms with Gasteiger partial charge in [0.15, 0.2) is 0 Å². The predicted molar refractivity (Wildman–Crippen MR) is 62.9 cm³/mol. The molecule has 1 saturated heterocycles. The Morgan fingerprint density at radius 3 is 2.32 bits per heavy atom. The summed E-state index contributed by atoms with van der Waals surface area (Å²) >= 11 is 0. The highest BCUT2D eigenvalue weighted by Crippen LogP contribution is 2.15. The second kappa shape index (κ2) is 4.71.